The van der Waals surface area contributed by atoms with Gasteiger partial charge in [-0.2, -0.15) is 0 Å². The molecule has 2 aliphatic heterocycles. The van der Waals surface area contributed by atoms with Crippen molar-refractivity contribution in [2.45, 2.75) is 25.8 Å². The Hall–Kier alpha value is -2.37. The molecule has 1 aromatic carbocycles. The Morgan fingerprint density at radius 3 is 2.48 bits per heavy atom. The van der Waals surface area contributed by atoms with Crippen LogP contribution in [-0.4, -0.2) is 47.3 Å². The van der Waals surface area contributed by atoms with Crippen molar-refractivity contribution < 1.29 is 14.4 Å². The molecule has 23 heavy (non-hydrogen) atoms. The van der Waals surface area contributed by atoms with Crippen molar-refractivity contribution in [3.63, 3.8) is 0 Å². The molecule has 3 rings (SSSR count). The summed E-state index contributed by atoms with van der Waals surface area (Å²) in [5, 5.41) is 2.65. The van der Waals surface area contributed by atoms with E-state index in [0.717, 1.165) is 23.3 Å². The largest absolute Gasteiger partial charge is 0.341 e. The summed E-state index contributed by atoms with van der Waals surface area (Å²) < 4.78 is 0. The molecule has 6 nitrogen and oxygen atoms in total. The zero-order valence-corrected chi connectivity index (χ0v) is 13.2. The lowest BCUT2D eigenvalue weighted by atomic mass is 9.99. The molecule has 1 atom stereocenters. The first-order chi connectivity index (χ1) is 11.1. The van der Waals surface area contributed by atoms with Gasteiger partial charge in [0, 0.05) is 13.1 Å². The molecule has 0 saturated carbocycles. The number of nitrogens with one attached hydrogen (secondary N) is 1. The van der Waals surface area contributed by atoms with Crippen LogP contribution in [0.5, 0.6) is 0 Å². The van der Waals surface area contributed by atoms with E-state index in [1.165, 1.54) is 0 Å². The van der Waals surface area contributed by atoms with Gasteiger partial charge in [-0.15, -0.1) is 0 Å². The SMILES string of the molecule is CC1CCN(C(=O)CN2C(=O)NC(c3ccccc3)C2=O)CC1. The Morgan fingerprint density at radius 1 is 1.17 bits per heavy atom. The zero-order chi connectivity index (χ0) is 16.4. The molecule has 1 aromatic rings. The number of nitrogens with zero attached hydrogens (tertiary/aromatic N) is 2. The van der Waals surface area contributed by atoms with Crippen molar-refractivity contribution in [2.75, 3.05) is 19.6 Å². The van der Waals surface area contributed by atoms with Crippen molar-refractivity contribution >= 4 is 17.8 Å². The summed E-state index contributed by atoms with van der Waals surface area (Å²) in [4.78, 5) is 39.6. The highest BCUT2D eigenvalue weighted by Crippen LogP contribution is 2.22. The van der Waals surface area contributed by atoms with Gasteiger partial charge in [-0.1, -0.05) is 37.3 Å². The average molecular weight is 315 g/mol. The molecule has 2 fully saturated rings. The van der Waals surface area contributed by atoms with Crippen molar-refractivity contribution in [1.29, 1.82) is 0 Å². The Kier molecular flexibility index (Phi) is 4.32. The summed E-state index contributed by atoms with van der Waals surface area (Å²) in [6, 6.07) is 7.87. The number of likely N-dealkylation sites (tertiary alicyclic amines) is 1. The van der Waals surface area contributed by atoms with Crippen molar-refractivity contribution in [1.82, 2.24) is 15.1 Å². The fourth-order valence-electron chi connectivity index (χ4n) is 3.03. The first-order valence-corrected chi connectivity index (χ1v) is 8.01. The molecule has 0 radical (unpaired) electrons. The molecular formula is C17H21N3O3. The van der Waals surface area contributed by atoms with E-state index in [-0.39, 0.29) is 18.4 Å². The van der Waals surface area contributed by atoms with Crippen molar-refractivity contribution in [2.24, 2.45) is 5.92 Å². The average Bonchev–Trinajstić information content (AvgIpc) is 2.84. The van der Waals surface area contributed by atoms with E-state index >= 15 is 0 Å². The van der Waals surface area contributed by atoms with Crippen LogP contribution in [0.15, 0.2) is 30.3 Å². The normalized spacial score (nSPS) is 22.4. The number of imide groups is 1. The van der Waals surface area contributed by atoms with E-state index in [1.54, 1.807) is 17.0 Å². The lowest BCUT2D eigenvalue weighted by molar-refractivity contribution is -0.138. The fourth-order valence-corrected chi connectivity index (χ4v) is 3.03. The van der Waals surface area contributed by atoms with Gasteiger partial charge < -0.3 is 10.2 Å². The molecule has 6 heteroatoms. The number of urea groups is 1. The monoisotopic (exact) mass is 315 g/mol. The molecule has 0 bridgehead atoms. The van der Waals surface area contributed by atoms with Gasteiger partial charge in [0.2, 0.25) is 5.91 Å². The predicted octanol–water partition coefficient (Wildman–Crippen LogP) is 1.54. The minimum Gasteiger partial charge on any atom is -0.341 e. The van der Waals surface area contributed by atoms with Crippen LogP contribution in [0, 0.1) is 5.92 Å². The molecule has 0 aromatic heterocycles. The number of carbonyl (C=O) groups is 3. The number of hydrogen-bond acceptors (Lipinski definition) is 3. The first kappa shape index (κ1) is 15.5. The smallest absolute Gasteiger partial charge is 0.325 e. The van der Waals surface area contributed by atoms with Gasteiger partial charge in [0.1, 0.15) is 12.6 Å². The lowest BCUT2D eigenvalue weighted by Gasteiger charge is -2.31. The number of benzene rings is 1. The highest BCUT2D eigenvalue weighted by atomic mass is 16.2. The highest BCUT2D eigenvalue weighted by Gasteiger charge is 2.40. The molecule has 2 saturated heterocycles. The number of rotatable bonds is 3. The summed E-state index contributed by atoms with van der Waals surface area (Å²) in [6.45, 7) is 3.39. The lowest BCUT2D eigenvalue weighted by Crippen LogP contribution is -2.45. The van der Waals surface area contributed by atoms with E-state index in [4.69, 9.17) is 0 Å². The van der Waals surface area contributed by atoms with Crippen LogP contribution in [0.25, 0.3) is 0 Å². The predicted molar refractivity (Wildman–Crippen MR) is 84.4 cm³/mol. The molecule has 4 amide bonds. The second-order valence-electron chi connectivity index (χ2n) is 6.28. The van der Waals surface area contributed by atoms with Gasteiger partial charge in [-0.3, -0.25) is 14.5 Å². The van der Waals surface area contributed by atoms with Crippen LogP contribution in [-0.2, 0) is 9.59 Å². The Bertz CT molecular complexity index is 609. The number of piperidine rings is 1. The minimum atomic E-state index is -0.696. The van der Waals surface area contributed by atoms with E-state index in [0.29, 0.717) is 19.0 Å². The maximum Gasteiger partial charge on any atom is 0.325 e. The van der Waals surface area contributed by atoms with Gasteiger partial charge in [0.25, 0.3) is 5.91 Å². The molecule has 1 unspecified atom stereocenters. The topological polar surface area (TPSA) is 69.7 Å². The third-order valence-electron chi connectivity index (χ3n) is 4.59. The Labute approximate surface area is 135 Å². The van der Waals surface area contributed by atoms with Crippen LogP contribution in [0.2, 0.25) is 0 Å². The molecule has 0 aliphatic carbocycles. The fraction of sp³-hybridized carbons (Fsp3) is 0.471. The van der Waals surface area contributed by atoms with Gasteiger partial charge in [0.15, 0.2) is 0 Å². The van der Waals surface area contributed by atoms with Crippen LogP contribution in [0.1, 0.15) is 31.4 Å². The molecule has 122 valence electrons. The number of hydrogen-bond donors (Lipinski definition) is 1. The second-order valence-corrected chi connectivity index (χ2v) is 6.28. The molecule has 1 N–H and O–H groups in total. The molecule has 0 spiro atoms. The Morgan fingerprint density at radius 2 is 1.83 bits per heavy atom. The van der Waals surface area contributed by atoms with Gasteiger partial charge in [-0.05, 0) is 24.3 Å². The summed E-state index contributed by atoms with van der Waals surface area (Å²) in [5.74, 6) is 0.104. The van der Waals surface area contributed by atoms with Crippen LogP contribution in [0.3, 0.4) is 0 Å². The van der Waals surface area contributed by atoms with Gasteiger partial charge >= 0.3 is 6.03 Å². The van der Waals surface area contributed by atoms with Crippen LogP contribution in [0.4, 0.5) is 4.79 Å². The quantitative estimate of drug-likeness (QED) is 0.860. The van der Waals surface area contributed by atoms with Crippen molar-refractivity contribution in [3.05, 3.63) is 35.9 Å². The van der Waals surface area contributed by atoms with E-state index in [9.17, 15) is 14.4 Å². The summed E-state index contributed by atoms with van der Waals surface area (Å²) in [7, 11) is 0. The summed E-state index contributed by atoms with van der Waals surface area (Å²) >= 11 is 0. The van der Waals surface area contributed by atoms with E-state index < -0.39 is 12.1 Å². The maximum atomic E-state index is 12.5. The third kappa shape index (κ3) is 3.21. The molecule has 2 aliphatic rings. The van der Waals surface area contributed by atoms with Gasteiger partial charge in [-0.25, -0.2) is 4.79 Å². The van der Waals surface area contributed by atoms with E-state index in [1.807, 2.05) is 18.2 Å². The number of carbonyl (C=O) groups excluding carboxylic acids is 3. The van der Waals surface area contributed by atoms with Crippen molar-refractivity contribution in [3.8, 4) is 0 Å². The van der Waals surface area contributed by atoms with E-state index in [2.05, 4.69) is 12.2 Å². The maximum absolute atomic E-state index is 12.5. The standard InChI is InChI=1S/C17H21N3O3/c1-12-7-9-19(10-8-12)14(21)11-20-16(22)15(18-17(20)23)13-5-3-2-4-6-13/h2-6,12,15H,7-11H2,1H3,(H,18,23). The Balaban J connectivity index is 1.65. The second kappa shape index (κ2) is 6.40. The highest BCUT2D eigenvalue weighted by molar-refractivity contribution is 6.06. The molecule has 2 heterocycles. The first-order valence-electron chi connectivity index (χ1n) is 8.01. The van der Waals surface area contributed by atoms with Gasteiger partial charge in [0.05, 0.1) is 0 Å². The third-order valence-corrected chi connectivity index (χ3v) is 4.59. The summed E-state index contributed by atoms with van der Waals surface area (Å²) in [6.07, 6.45) is 1.94. The number of amides is 4. The molecular weight excluding hydrogens is 294 g/mol. The van der Waals surface area contributed by atoms with Crippen LogP contribution >= 0.6 is 0 Å². The summed E-state index contributed by atoms with van der Waals surface area (Å²) in [5.41, 5.74) is 0.729. The zero-order valence-electron chi connectivity index (χ0n) is 13.2. The minimum absolute atomic E-state index is 0.158. The van der Waals surface area contributed by atoms with Crippen LogP contribution < -0.4 is 5.32 Å².